The molecule has 2 heterocycles. The quantitative estimate of drug-likeness (QED) is 0.529. The van der Waals surface area contributed by atoms with Gasteiger partial charge in [0.2, 0.25) is 5.95 Å². The fraction of sp³-hybridized carbons (Fsp3) is 0.440. The number of carbonyl (C=O) groups excluding carboxylic acids is 1. The molecule has 0 aliphatic carbocycles. The van der Waals surface area contributed by atoms with E-state index in [0.717, 1.165) is 53.5 Å². The molecular formula is C25H31ClN4O2. The van der Waals surface area contributed by atoms with Crippen LogP contribution in [-0.2, 0) is 11.3 Å². The predicted octanol–water partition coefficient (Wildman–Crippen LogP) is 5.80. The van der Waals surface area contributed by atoms with E-state index in [2.05, 4.69) is 16.0 Å². The molecule has 6 nitrogen and oxygen atoms in total. The van der Waals surface area contributed by atoms with E-state index in [0.29, 0.717) is 19.0 Å². The van der Waals surface area contributed by atoms with Crippen LogP contribution in [0.4, 0.5) is 10.7 Å². The van der Waals surface area contributed by atoms with Crippen LogP contribution >= 0.6 is 11.6 Å². The van der Waals surface area contributed by atoms with E-state index in [1.807, 2.05) is 68.1 Å². The van der Waals surface area contributed by atoms with Crippen molar-refractivity contribution in [3.05, 3.63) is 59.1 Å². The van der Waals surface area contributed by atoms with Gasteiger partial charge in [0.1, 0.15) is 5.60 Å². The molecule has 4 rings (SSSR count). The molecule has 0 saturated carbocycles. The third kappa shape index (κ3) is 5.36. The summed E-state index contributed by atoms with van der Waals surface area (Å²) in [4.78, 5) is 19.2. The van der Waals surface area contributed by atoms with Crippen molar-refractivity contribution in [2.75, 3.05) is 25.0 Å². The molecule has 1 aliphatic rings. The maximum Gasteiger partial charge on any atom is 0.410 e. The second kappa shape index (κ2) is 9.41. The van der Waals surface area contributed by atoms with E-state index in [1.54, 1.807) is 0 Å². The molecule has 1 saturated heterocycles. The number of imidazole rings is 1. The van der Waals surface area contributed by atoms with E-state index in [4.69, 9.17) is 21.3 Å². The Morgan fingerprint density at radius 2 is 1.94 bits per heavy atom. The number of rotatable bonds is 5. The van der Waals surface area contributed by atoms with Crippen LogP contribution in [0.2, 0.25) is 5.02 Å². The molecule has 1 aliphatic heterocycles. The van der Waals surface area contributed by atoms with Crippen molar-refractivity contribution < 1.29 is 9.53 Å². The van der Waals surface area contributed by atoms with Crippen molar-refractivity contribution in [2.24, 2.45) is 5.92 Å². The highest BCUT2D eigenvalue weighted by Crippen LogP contribution is 2.25. The summed E-state index contributed by atoms with van der Waals surface area (Å²) < 4.78 is 7.73. The number of halogens is 1. The standard InChI is InChI=1S/C25H31ClN4O2/c1-25(2,3)32-24(31)29-14-8-9-18(16-29)15-27-23-28-21-12-6-7-13-22(21)30(23)17-19-10-4-5-11-20(19)26/h4-7,10-13,18H,8-9,14-17H2,1-3H3,(H,27,28)/t18-/m0/s1. The normalized spacial score (nSPS) is 16.9. The molecule has 7 heteroatoms. The molecule has 0 unspecified atom stereocenters. The lowest BCUT2D eigenvalue weighted by Crippen LogP contribution is -2.44. The zero-order valence-electron chi connectivity index (χ0n) is 19.0. The SMILES string of the molecule is CC(C)(C)OC(=O)N1CCC[C@@H](CNc2nc3ccccc3n2Cc2ccccc2Cl)C1. The Hall–Kier alpha value is -2.73. The topological polar surface area (TPSA) is 59.4 Å². The first-order valence-corrected chi connectivity index (χ1v) is 11.6. The van der Waals surface area contributed by atoms with Crippen LogP contribution in [0.5, 0.6) is 0 Å². The van der Waals surface area contributed by atoms with Crippen LogP contribution in [0, 0.1) is 5.92 Å². The smallest absolute Gasteiger partial charge is 0.410 e. The Kier molecular flexibility index (Phi) is 6.60. The Balaban J connectivity index is 1.48. The number of nitrogens with one attached hydrogen (secondary N) is 1. The number of hydrogen-bond acceptors (Lipinski definition) is 4. The highest BCUT2D eigenvalue weighted by atomic mass is 35.5. The van der Waals surface area contributed by atoms with Gasteiger partial charge in [0, 0.05) is 24.7 Å². The molecule has 0 radical (unpaired) electrons. The minimum Gasteiger partial charge on any atom is -0.444 e. The molecule has 0 spiro atoms. The Labute approximate surface area is 194 Å². The summed E-state index contributed by atoms with van der Waals surface area (Å²) in [6, 6.07) is 16.0. The highest BCUT2D eigenvalue weighted by Gasteiger charge is 2.27. The number of carbonyl (C=O) groups is 1. The summed E-state index contributed by atoms with van der Waals surface area (Å²) in [5, 5.41) is 4.30. The van der Waals surface area contributed by atoms with Crippen LogP contribution in [0.25, 0.3) is 11.0 Å². The Bertz CT molecular complexity index is 1090. The van der Waals surface area contributed by atoms with Crippen LogP contribution in [0.15, 0.2) is 48.5 Å². The summed E-state index contributed by atoms with van der Waals surface area (Å²) in [6.45, 7) is 8.51. The second-order valence-corrected chi connectivity index (χ2v) is 9.82. The number of ether oxygens (including phenoxy) is 1. The lowest BCUT2D eigenvalue weighted by Gasteiger charge is -2.34. The number of fused-ring (bicyclic) bond motifs is 1. The van der Waals surface area contributed by atoms with Gasteiger partial charge >= 0.3 is 6.09 Å². The zero-order chi connectivity index (χ0) is 22.7. The Morgan fingerprint density at radius 3 is 2.72 bits per heavy atom. The number of piperidine rings is 1. The van der Waals surface area contributed by atoms with Crippen molar-refractivity contribution in [1.82, 2.24) is 14.5 Å². The summed E-state index contributed by atoms with van der Waals surface area (Å²) in [5.41, 5.74) is 2.58. The van der Waals surface area contributed by atoms with Gasteiger partial charge in [0.15, 0.2) is 0 Å². The van der Waals surface area contributed by atoms with Crippen molar-refractivity contribution in [1.29, 1.82) is 0 Å². The minimum atomic E-state index is -0.480. The van der Waals surface area contributed by atoms with Gasteiger partial charge in [-0.1, -0.05) is 41.9 Å². The van der Waals surface area contributed by atoms with E-state index >= 15 is 0 Å². The maximum absolute atomic E-state index is 12.5. The molecule has 1 atom stereocenters. The third-order valence-electron chi connectivity index (χ3n) is 5.66. The molecule has 1 N–H and O–H groups in total. The molecular weight excluding hydrogens is 424 g/mol. The third-order valence-corrected chi connectivity index (χ3v) is 6.03. The van der Waals surface area contributed by atoms with Gasteiger partial charge in [-0.05, 0) is 63.3 Å². The fourth-order valence-corrected chi connectivity index (χ4v) is 4.32. The summed E-state index contributed by atoms with van der Waals surface area (Å²) in [6.07, 6.45) is 1.81. The number of amides is 1. The van der Waals surface area contributed by atoms with Gasteiger partial charge in [-0.3, -0.25) is 0 Å². The number of nitrogens with zero attached hydrogens (tertiary/aromatic N) is 3. The van der Waals surface area contributed by atoms with Gasteiger partial charge in [0.25, 0.3) is 0 Å². The fourth-order valence-electron chi connectivity index (χ4n) is 4.13. The van der Waals surface area contributed by atoms with Crippen molar-refractivity contribution >= 4 is 34.7 Å². The number of benzene rings is 2. The maximum atomic E-state index is 12.5. The van der Waals surface area contributed by atoms with Crippen molar-refractivity contribution in [3.8, 4) is 0 Å². The Morgan fingerprint density at radius 1 is 1.19 bits per heavy atom. The molecule has 32 heavy (non-hydrogen) atoms. The van der Waals surface area contributed by atoms with E-state index in [1.165, 1.54) is 0 Å². The average Bonchev–Trinajstić information content (AvgIpc) is 3.10. The average molecular weight is 455 g/mol. The van der Waals surface area contributed by atoms with Crippen LogP contribution in [0.3, 0.4) is 0 Å². The van der Waals surface area contributed by atoms with Gasteiger partial charge < -0.3 is 19.5 Å². The summed E-state index contributed by atoms with van der Waals surface area (Å²) in [5.74, 6) is 1.16. The van der Waals surface area contributed by atoms with Crippen LogP contribution < -0.4 is 5.32 Å². The lowest BCUT2D eigenvalue weighted by molar-refractivity contribution is 0.0172. The first-order chi connectivity index (χ1) is 15.3. The van der Waals surface area contributed by atoms with E-state index in [9.17, 15) is 4.79 Å². The van der Waals surface area contributed by atoms with E-state index < -0.39 is 5.60 Å². The lowest BCUT2D eigenvalue weighted by atomic mass is 9.98. The van der Waals surface area contributed by atoms with Gasteiger partial charge in [0.05, 0.1) is 17.6 Å². The predicted molar refractivity (Wildman–Crippen MR) is 129 cm³/mol. The van der Waals surface area contributed by atoms with Gasteiger partial charge in [-0.25, -0.2) is 9.78 Å². The molecule has 3 aromatic rings. The van der Waals surface area contributed by atoms with E-state index in [-0.39, 0.29) is 6.09 Å². The monoisotopic (exact) mass is 454 g/mol. The molecule has 1 amide bonds. The number of likely N-dealkylation sites (tertiary alicyclic amines) is 1. The summed E-state index contributed by atoms with van der Waals surface area (Å²) in [7, 11) is 0. The first kappa shape index (κ1) is 22.5. The molecule has 1 fully saturated rings. The number of para-hydroxylation sites is 2. The van der Waals surface area contributed by atoms with Crippen molar-refractivity contribution in [3.63, 3.8) is 0 Å². The van der Waals surface area contributed by atoms with Crippen LogP contribution in [-0.4, -0.2) is 45.8 Å². The molecule has 170 valence electrons. The van der Waals surface area contributed by atoms with Crippen LogP contribution in [0.1, 0.15) is 39.2 Å². The summed E-state index contributed by atoms with van der Waals surface area (Å²) >= 11 is 6.43. The highest BCUT2D eigenvalue weighted by molar-refractivity contribution is 6.31. The van der Waals surface area contributed by atoms with Crippen molar-refractivity contribution in [2.45, 2.75) is 45.8 Å². The zero-order valence-corrected chi connectivity index (χ0v) is 19.7. The molecule has 2 aromatic carbocycles. The molecule has 1 aromatic heterocycles. The number of anilines is 1. The first-order valence-electron chi connectivity index (χ1n) is 11.2. The molecule has 0 bridgehead atoms. The minimum absolute atomic E-state index is 0.229. The van der Waals surface area contributed by atoms with Gasteiger partial charge in [-0.15, -0.1) is 0 Å². The largest absolute Gasteiger partial charge is 0.444 e. The number of hydrogen-bond donors (Lipinski definition) is 1. The second-order valence-electron chi connectivity index (χ2n) is 9.42. The number of aromatic nitrogens is 2. The van der Waals surface area contributed by atoms with Gasteiger partial charge in [-0.2, -0.15) is 0 Å².